The van der Waals surface area contributed by atoms with E-state index in [0.29, 0.717) is 5.92 Å². The van der Waals surface area contributed by atoms with Gasteiger partial charge in [-0.15, -0.1) is 0 Å². The summed E-state index contributed by atoms with van der Waals surface area (Å²) in [6, 6.07) is 0. The standard InChI is InChI=1S/C12H18F2O/c1-11(2)8-3-4-9(10(11)7-8)12(13,14)5-6-15/h4,8,10,15H,3,5-7H2,1-2H3. The molecule has 15 heavy (non-hydrogen) atoms. The van der Waals surface area contributed by atoms with Crippen molar-refractivity contribution in [3.05, 3.63) is 11.6 Å². The summed E-state index contributed by atoms with van der Waals surface area (Å²) in [7, 11) is 0. The second kappa shape index (κ2) is 3.27. The summed E-state index contributed by atoms with van der Waals surface area (Å²) in [5.74, 6) is -2.20. The van der Waals surface area contributed by atoms with Crippen LogP contribution in [0.3, 0.4) is 0 Å². The van der Waals surface area contributed by atoms with E-state index < -0.39 is 19.0 Å². The molecule has 2 atom stereocenters. The highest BCUT2D eigenvalue weighted by Crippen LogP contribution is 2.61. The predicted molar refractivity (Wildman–Crippen MR) is 54.7 cm³/mol. The fourth-order valence-electron chi connectivity index (χ4n) is 3.04. The van der Waals surface area contributed by atoms with Gasteiger partial charge >= 0.3 is 0 Å². The van der Waals surface area contributed by atoms with Crippen molar-refractivity contribution in [3.8, 4) is 0 Å². The lowest BCUT2D eigenvalue weighted by molar-refractivity contribution is -0.0657. The Hall–Kier alpha value is -0.440. The first-order valence-electron chi connectivity index (χ1n) is 5.59. The summed E-state index contributed by atoms with van der Waals surface area (Å²) in [5.41, 5.74) is 0.312. The van der Waals surface area contributed by atoms with Crippen molar-refractivity contribution in [2.24, 2.45) is 17.3 Å². The Balaban J connectivity index is 2.21. The highest BCUT2D eigenvalue weighted by molar-refractivity contribution is 5.28. The van der Waals surface area contributed by atoms with Crippen LogP contribution in [-0.4, -0.2) is 17.6 Å². The Morgan fingerprint density at radius 1 is 1.53 bits per heavy atom. The van der Waals surface area contributed by atoms with Crippen molar-refractivity contribution in [3.63, 3.8) is 0 Å². The van der Waals surface area contributed by atoms with E-state index in [9.17, 15) is 8.78 Å². The summed E-state index contributed by atoms with van der Waals surface area (Å²) in [5, 5.41) is 8.65. The Labute approximate surface area is 89.2 Å². The summed E-state index contributed by atoms with van der Waals surface area (Å²) in [4.78, 5) is 0. The lowest BCUT2D eigenvalue weighted by Crippen LogP contribution is -2.51. The average Bonchev–Trinajstić information content (AvgIpc) is 2.17. The highest BCUT2D eigenvalue weighted by atomic mass is 19.3. The smallest absolute Gasteiger partial charge is 0.271 e. The number of halogens is 2. The third-order valence-corrected chi connectivity index (χ3v) is 4.32. The molecule has 0 heterocycles. The minimum atomic E-state index is -2.80. The van der Waals surface area contributed by atoms with Gasteiger partial charge in [0.2, 0.25) is 0 Å². The van der Waals surface area contributed by atoms with Crippen LogP contribution in [0.5, 0.6) is 0 Å². The summed E-state index contributed by atoms with van der Waals surface area (Å²) in [6.07, 6.45) is 2.95. The lowest BCUT2D eigenvalue weighted by Gasteiger charge is -2.57. The van der Waals surface area contributed by atoms with E-state index in [0.717, 1.165) is 12.8 Å². The summed E-state index contributed by atoms with van der Waals surface area (Å²) in [6.45, 7) is 3.71. The number of hydrogen-bond acceptors (Lipinski definition) is 1. The Morgan fingerprint density at radius 3 is 2.67 bits per heavy atom. The largest absolute Gasteiger partial charge is 0.396 e. The molecule has 3 aliphatic rings. The Kier molecular flexibility index (Phi) is 2.41. The van der Waals surface area contributed by atoms with Gasteiger partial charge in [-0.05, 0) is 35.7 Å². The van der Waals surface area contributed by atoms with Crippen molar-refractivity contribution < 1.29 is 13.9 Å². The number of alkyl halides is 2. The van der Waals surface area contributed by atoms with E-state index >= 15 is 0 Å². The van der Waals surface area contributed by atoms with Crippen LogP contribution in [0.15, 0.2) is 11.6 Å². The van der Waals surface area contributed by atoms with Gasteiger partial charge in [-0.2, -0.15) is 0 Å². The van der Waals surface area contributed by atoms with E-state index in [1.54, 1.807) is 6.08 Å². The minimum absolute atomic E-state index is 0.0257. The molecule has 0 aromatic carbocycles. The number of rotatable bonds is 3. The van der Waals surface area contributed by atoms with Crippen molar-refractivity contribution >= 4 is 0 Å². The molecule has 1 fully saturated rings. The maximum absolute atomic E-state index is 13.7. The van der Waals surface area contributed by atoms with Crippen LogP contribution < -0.4 is 0 Å². The van der Waals surface area contributed by atoms with Crippen LogP contribution >= 0.6 is 0 Å². The van der Waals surface area contributed by atoms with Crippen LogP contribution in [0.1, 0.15) is 33.1 Å². The quantitative estimate of drug-likeness (QED) is 0.719. The molecule has 2 unspecified atom stereocenters. The van der Waals surface area contributed by atoms with Gasteiger partial charge in [0.15, 0.2) is 0 Å². The van der Waals surface area contributed by atoms with Crippen LogP contribution in [-0.2, 0) is 0 Å². The lowest BCUT2D eigenvalue weighted by atomic mass is 9.48. The molecule has 0 saturated heterocycles. The number of fused-ring (bicyclic) bond motifs is 1. The SMILES string of the molecule is CC1(C)C2CC=C(C(F)(F)CCO)C1C2. The average molecular weight is 216 g/mol. The molecule has 1 N–H and O–H groups in total. The zero-order valence-electron chi connectivity index (χ0n) is 9.26. The first-order chi connectivity index (χ1) is 6.89. The third kappa shape index (κ3) is 1.52. The Bertz CT molecular complexity index is 294. The molecule has 3 rings (SSSR count). The highest BCUT2D eigenvalue weighted by Gasteiger charge is 2.56. The molecule has 86 valence electrons. The molecule has 0 radical (unpaired) electrons. The molecule has 1 saturated carbocycles. The van der Waals surface area contributed by atoms with Gasteiger partial charge in [0.25, 0.3) is 5.92 Å². The molecular weight excluding hydrogens is 198 g/mol. The first kappa shape index (κ1) is 11.1. The van der Waals surface area contributed by atoms with Crippen molar-refractivity contribution in [1.29, 1.82) is 0 Å². The van der Waals surface area contributed by atoms with Gasteiger partial charge in [-0.25, -0.2) is 8.78 Å². The van der Waals surface area contributed by atoms with Gasteiger partial charge < -0.3 is 5.11 Å². The topological polar surface area (TPSA) is 20.2 Å². The number of allylic oxidation sites excluding steroid dienone is 2. The van der Waals surface area contributed by atoms with Crippen LogP contribution in [0, 0.1) is 17.3 Å². The van der Waals surface area contributed by atoms with E-state index in [2.05, 4.69) is 13.8 Å². The van der Waals surface area contributed by atoms with Crippen molar-refractivity contribution in [1.82, 2.24) is 0 Å². The maximum atomic E-state index is 13.7. The predicted octanol–water partition coefficient (Wildman–Crippen LogP) is 3.00. The van der Waals surface area contributed by atoms with Gasteiger partial charge in [-0.1, -0.05) is 19.9 Å². The molecule has 0 aromatic rings. The molecule has 1 nitrogen and oxygen atoms in total. The zero-order chi connectivity index (χ0) is 11.3. The van der Waals surface area contributed by atoms with Gasteiger partial charge in [0.1, 0.15) is 0 Å². The molecule has 0 aliphatic heterocycles. The van der Waals surface area contributed by atoms with E-state index in [4.69, 9.17) is 5.11 Å². The molecule has 0 amide bonds. The molecule has 0 spiro atoms. The zero-order valence-corrected chi connectivity index (χ0v) is 9.26. The molecule has 2 bridgehead atoms. The van der Waals surface area contributed by atoms with Crippen molar-refractivity contribution in [2.75, 3.05) is 6.61 Å². The molecule has 3 heteroatoms. The van der Waals surface area contributed by atoms with Gasteiger partial charge in [-0.3, -0.25) is 0 Å². The van der Waals surface area contributed by atoms with E-state index in [-0.39, 0.29) is 16.9 Å². The number of aliphatic hydroxyl groups excluding tert-OH is 1. The molecule has 3 aliphatic carbocycles. The molecular formula is C12H18F2O. The van der Waals surface area contributed by atoms with Gasteiger partial charge in [0, 0.05) is 13.0 Å². The minimum Gasteiger partial charge on any atom is -0.396 e. The summed E-state index contributed by atoms with van der Waals surface area (Å²) < 4.78 is 27.4. The van der Waals surface area contributed by atoms with Crippen LogP contribution in [0.4, 0.5) is 8.78 Å². The van der Waals surface area contributed by atoms with E-state index in [1.165, 1.54) is 0 Å². The number of hydrogen-bond donors (Lipinski definition) is 1. The van der Waals surface area contributed by atoms with Crippen LogP contribution in [0.2, 0.25) is 0 Å². The Morgan fingerprint density at radius 2 is 2.20 bits per heavy atom. The van der Waals surface area contributed by atoms with Crippen LogP contribution in [0.25, 0.3) is 0 Å². The first-order valence-corrected chi connectivity index (χ1v) is 5.59. The fourth-order valence-corrected chi connectivity index (χ4v) is 3.04. The van der Waals surface area contributed by atoms with Crippen molar-refractivity contribution in [2.45, 2.75) is 39.0 Å². The second-order valence-electron chi connectivity index (χ2n) is 5.38. The monoisotopic (exact) mass is 216 g/mol. The maximum Gasteiger partial charge on any atom is 0.271 e. The second-order valence-corrected chi connectivity index (χ2v) is 5.38. The number of aliphatic hydroxyl groups is 1. The molecule has 0 aromatic heterocycles. The third-order valence-electron chi connectivity index (χ3n) is 4.32. The fraction of sp³-hybridized carbons (Fsp3) is 0.833. The summed E-state index contributed by atoms with van der Waals surface area (Å²) >= 11 is 0. The van der Waals surface area contributed by atoms with Gasteiger partial charge in [0.05, 0.1) is 0 Å². The van der Waals surface area contributed by atoms with E-state index in [1.807, 2.05) is 0 Å². The normalized spacial score (nSPS) is 33.3.